The van der Waals surface area contributed by atoms with E-state index in [2.05, 4.69) is 15.5 Å². The molecular weight excluding hydrogens is 423 g/mol. The van der Waals surface area contributed by atoms with E-state index in [-0.39, 0.29) is 29.3 Å². The van der Waals surface area contributed by atoms with E-state index >= 15 is 0 Å². The maximum absolute atomic E-state index is 14.1. The number of hydrogen-bond donors (Lipinski definition) is 1. The first kappa shape index (κ1) is 19.4. The normalized spacial score (nSPS) is 17.1. The predicted octanol–water partition coefficient (Wildman–Crippen LogP) is 3.64. The fourth-order valence-corrected chi connectivity index (χ4v) is 4.56. The number of likely N-dealkylation sites (tertiary alicyclic amines) is 1. The molecule has 2 aromatic carbocycles. The number of anilines is 1. The van der Waals surface area contributed by atoms with Gasteiger partial charge in [0.25, 0.3) is 11.8 Å². The zero-order valence-corrected chi connectivity index (χ0v) is 17.0. The largest absolute Gasteiger partial charge is 0.454 e. The molecule has 2 amide bonds. The molecule has 1 atom stereocenters. The van der Waals surface area contributed by atoms with Gasteiger partial charge in [-0.25, -0.2) is 4.39 Å². The molecular formula is C21H17FN4O4S. The van der Waals surface area contributed by atoms with Crippen LogP contribution in [0.5, 0.6) is 11.5 Å². The fourth-order valence-electron chi connectivity index (χ4n) is 3.68. The summed E-state index contributed by atoms with van der Waals surface area (Å²) in [5, 5.41) is 11.6. The second kappa shape index (κ2) is 7.95. The summed E-state index contributed by atoms with van der Waals surface area (Å²) in [4.78, 5) is 27.1. The minimum atomic E-state index is -0.556. The molecule has 5 rings (SSSR count). The van der Waals surface area contributed by atoms with Gasteiger partial charge in [0.15, 0.2) is 11.5 Å². The van der Waals surface area contributed by atoms with Crippen molar-refractivity contribution < 1.29 is 23.5 Å². The van der Waals surface area contributed by atoms with Crippen LogP contribution in [0, 0.1) is 5.82 Å². The summed E-state index contributed by atoms with van der Waals surface area (Å²) in [6.45, 7) is 0.645. The first-order valence-corrected chi connectivity index (χ1v) is 10.5. The van der Waals surface area contributed by atoms with Gasteiger partial charge in [-0.15, -0.1) is 10.2 Å². The first-order valence-electron chi connectivity index (χ1n) is 9.70. The van der Waals surface area contributed by atoms with Gasteiger partial charge in [-0.2, -0.15) is 0 Å². The number of aromatic nitrogens is 2. The predicted molar refractivity (Wildman–Crippen MR) is 110 cm³/mol. The van der Waals surface area contributed by atoms with Crippen LogP contribution < -0.4 is 14.8 Å². The molecule has 31 heavy (non-hydrogen) atoms. The third-order valence-electron chi connectivity index (χ3n) is 5.17. The monoisotopic (exact) mass is 440 g/mol. The molecule has 1 N–H and O–H groups in total. The van der Waals surface area contributed by atoms with E-state index in [0.717, 1.165) is 17.8 Å². The number of benzene rings is 2. The summed E-state index contributed by atoms with van der Waals surface area (Å²) in [6, 6.07) is 10.7. The van der Waals surface area contributed by atoms with Crippen LogP contribution in [0.25, 0.3) is 0 Å². The molecule has 2 aliphatic rings. The van der Waals surface area contributed by atoms with E-state index in [9.17, 15) is 14.0 Å². The van der Waals surface area contributed by atoms with Crippen LogP contribution in [0.1, 0.15) is 44.1 Å². The van der Waals surface area contributed by atoms with Crippen molar-refractivity contribution in [3.05, 3.63) is 63.9 Å². The molecule has 1 aromatic heterocycles. The number of carbonyl (C=O) groups excluding carboxylic acids is 2. The third-order valence-corrected chi connectivity index (χ3v) is 6.19. The lowest BCUT2D eigenvalue weighted by molar-refractivity contribution is 0.0730. The Bertz CT molecular complexity index is 1170. The number of fused-ring (bicyclic) bond motifs is 1. The number of nitrogens with zero attached hydrogens (tertiary/aromatic N) is 3. The number of rotatable bonds is 4. The summed E-state index contributed by atoms with van der Waals surface area (Å²) >= 11 is 1.13. The average molecular weight is 440 g/mol. The van der Waals surface area contributed by atoms with Crippen molar-refractivity contribution in [1.82, 2.24) is 15.1 Å². The summed E-state index contributed by atoms with van der Waals surface area (Å²) in [7, 11) is 0. The van der Waals surface area contributed by atoms with Crippen molar-refractivity contribution in [1.29, 1.82) is 0 Å². The second-order valence-electron chi connectivity index (χ2n) is 7.10. The fraction of sp³-hybridized carbons (Fsp3) is 0.238. The Balaban J connectivity index is 1.32. The van der Waals surface area contributed by atoms with Crippen molar-refractivity contribution in [2.75, 3.05) is 18.7 Å². The van der Waals surface area contributed by atoms with Crippen LogP contribution >= 0.6 is 11.3 Å². The molecule has 1 saturated heterocycles. The Labute approximate surface area is 180 Å². The molecule has 0 radical (unpaired) electrons. The van der Waals surface area contributed by atoms with Gasteiger partial charge < -0.3 is 19.7 Å². The minimum absolute atomic E-state index is 0.0275. The van der Waals surface area contributed by atoms with E-state index in [1.165, 1.54) is 12.1 Å². The zero-order chi connectivity index (χ0) is 21.4. The number of carbonyl (C=O) groups is 2. The molecule has 1 fully saturated rings. The summed E-state index contributed by atoms with van der Waals surface area (Å²) in [5.41, 5.74) is 0.572. The smallest absolute Gasteiger partial charge is 0.286 e. The SMILES string of the molecule is O=C(Nc1ccc2c(c1)OCO2)c1nnc([C@@H]2CCCN2C(=O)c2ccccc2F)s1. The van der Waals surface area contributed by atoms with E-state index in [1.807, 2.05) is 0 Å². The highest BCUT2D eigenvalue weighted by atomic mass is 32.1. The third kappa shape index (κ3) is 3.70. The van der Waals surface area contributed by atoms with E-state index in [4.69, 9.17) is 9.47 Å². The maximum Gasteiger partial charge on any atom is 0.286 e. The lowest BCUT2D eigenvalue weighted by Gasteiger charge is -2.23. The molecule has 0 bridgehead atoms. The maximum atomic E-state index is 14.1. The molecule has 10 heteroatoms. The van der Waals surface area contributed by atoms with Gasteiger partial charge in [0.1, 0.15) is 10.8 Å². The Hall–Kier alpha value is -3.53. The highest BCUT2D eigenvalue weighted by Gasteiger charge is 2.34. The van der Waals surface area contributed by atoms with Crippen LogP contribution in [0.2, 0.25) is 0 Å². The molecule has 0 spiro atoms. The number of ether oxygens (including phenoxy) is 2. The first-order chi connectivity index (χ1) is 15.1. The van der Waals surface area contributed by atoms with Crippen LogP contribution in [0.4, 0.5) is 10.1 Å². The van der Waals surface area contributed by atoms with Crippen molar-refractivity contribution >= 4 is 28.8 Å². The van der Waals surface area contributed by atoms with Gasteiger partial charge in [0.05, 0.1) is 11.6 Å². The Morgan fingerprint density at radius 3 is 2.84 bits per heavy atom. The number of halogens is 1. The number of nitrogens with one attached hydrogen (secondary N) is 1. The minimum Gasteiger partial charge on any atom is -0.454 e. The molecule has 3 heterocycles. The van der Waals surface area contributed by atoms with E-state index in [1.54, 1.807) is 35.2 Å². The lowest BCUT2D eigenvalue weighted by Crippen LogP contribution is -2.31. The molecule has 8 nitrogen and oxygen atoms in total. The van der Waals surface area contributed by atoms with Crippen molar-refractivity contribution in [3.63, 3.8) is 0 Å². The Morgan fingerprint density at radius 2 is 1.97 bits per heavy atom. The van der Waals surface area contributed by atoms with Crippen molar-refractivity contribution in [2.24, 2.45) is 0 Å². The highest BCUT2D eigenvalue weighted by Crippen LogP contribution is 2.36. The van der Waals surface area contributed by atoms with Crippen LogP contribution in [-0.4, -0.2) is 40.2 Å². The summed E-state index contributed by atoms with van der Waals surface area (Å²) < 4.78 is 24.7. The van der Waals surface area contributed by atoms with Crippen LogP contribution in [0.15, 0.2) is 42.5 Å². The molecule has 158 valence electrons. The standard InChI is InChI=1S/C21H17FN4O4S/c22-14-5-2-1-4-13(14)21(28)26-9-3-6-15(26)19-24-25-20(31-19)18(27)23-12-7-8-16-17(10-12)30-11-29-16/h1-2,4-5,7-8,10,15H,3,6,9,11H2,(H,23,27)/t15-/m0/s1. The highest BCUT2D eigenvalue weighted by molar-refractivity contribution is 7.13. The van der Waals surface area contributed by atoms with Gasteiger partial charge in [-0.3, -0.25) is 9.59 Å². The summed E-state index contributed by atoms with van der Waals surface area (Å²) in [6.07, 6.45) is 1.45. The van der Waals surface area contributed by atoms with Crippen LogP contribution in [-0.2, 0) is 0 Å². The second-order valence-corrected chi connectivity index (χ2v) is 8.11. The average Bonchev–Trinajstić information content (AvgIpc) is 3.52. The quantitative estimate of drug-likeness (QED) is 0.666. The van der Waals surface area contributed by atoms with Gasteiger partial charge in [0.2, 0.25) is 11.8 Å². The number of amides is 2. The van der Waals surface area contributed by atoms with Crippen LogP contribution in [0.3, 0.4) is 0 Å². The molecule has 2 aliphatic heterocycles. The Kier molecular flexibility index (Phi) is 4.99. The topological polar surface area (TPSA) is 93.7 Å². The van der Waals surface area contributed by atoms with Gasteiger partial charge in [-0.1, -0.05) is 23.5 Å². The number of hydrogen-bond acceptors (Lipinski definition) is 7. The molecule has 0 aliphatic carbocycles. The molecule has 0 saturated carbocycles. The van der Waals surface area contributed by atoms with Crippen molar-refractivity contribution in [3.8, 4) is 11.5 Å². The van der Waals surface area contributed by atoms with E-state index < -0.39 is 11.7 Å². The zero-order valence-electron chi connectivity index (χ0n) is 16.2. The van der Waals surface area contributed by atoms with Gasteiger partial charge in [0, 0.05) is 18.3 Å². The summed E-state index contributed by atoms with van der Waals surface area (Å²) in [5.74, 6) is -0.171. The van der Waals surface area contributed by atoms with Crippen molar-refractivity contribution in [2.45, 2.75) is 18.9 Å². The molecule has 3 aromatic rings. The van der Waals surface area contributed by atoms with Gasteiger partial charge >= 0.3 is 0 Å². The van der Waals surface area contributed by atoms with Gasteiger partial charge in [-0.05, 0) is 37.1 Å². The van der Waals surface area contributed by atoms with E-state index in [0.29, 0.717) is 35.2 Å². The molecule has 0 unspecified atom stereocenters. The Morgan fingerprint density at radius 1 is 1.13 bits per heavy atom. The lowest BCUT2D eigenvalue weighted by atomic mass is 10.1.